The molecular weight excluding hydrogens is 329 g/mol. The Hall–Kier alpha value is -3.04. The lowest BCUT2D eigenvalue weighted by Crippen LogP contribution is -2.47. The maximum Gasteiger partial charge on any atom is 0.475 e. The van der Waals surface area contributed by atoms with E-state index in [4.69, 9.17) is 5.11 Å². The van der Waals surface area contributed by atoms with Gasteiger partial charge in [0.05, 0.1) is 5.94 Å². The van der Waals surface area contributed by atoms with Gasteiger partial charge in [-0.15, -0.1) is 0 Å². The van der Waals surface area contributed by atoms with Crippen molar-refractivity contribution in [1.82, 2.24) is 5.32 Å². The molecule has 2 rings (SSSR count). The molecular formula is C16H16BNO7. The summed E-state index contributed by atoms with van der Waals surface area (Å²) < 4.78 is 0. The van der Waals surface area contributed by atoms with Gasteiger partial charge in [-0.3, -0.25) is 4.79 Å². The molecule has 0 bridgehead atoms. The molecule has 25 heavy (non-hydrogen) atoms. The number of rotatable bonds is 6. The molecule has 0 fully saturated rings. The Bertz CT molecular complexity index is 794. The van der Waals surface area contributed by atoms with Crippen LogP contribution in [0.3, 0.4) is 0 Å². The van der Waals surface area contributed by atoms with Gasteiger partial charge < -0.3 is 30.7 Å². The van der Waals surface area contributed by atoms with Gasteiger partial charge in [-0.25, -0.2) is 4.79 Å². The van der Waals surface area contributed by atoms with Gasteiger partial charge in [-0.05, 0) is 36.2 Å². The lowest BCUT2D eigenvalue weighted by atomic mass is 9.75. The van der Waals surface area contributed by atoms with Crippen LogP contribution >= 0.6 is 0 Å². The molecule has 0 aliphatic carbocycles. The number of aromatic carboxylic acids is 1. The van der Waals surface area contributed by atoms with Gasteiger partial charge in [0.15, 0.2) is 0 Å². The minimum Gasteiger partial charge on any atom is -0.508 e. The Morgan fingerprint density at radius 1 is 1.08 bits per heavy atom. The third-order valence-corrected chi connectivity index (χ3v) is 3.57. The summed E-state index contributed by atoms with van der Waals surface area (Å²) in [6.45, 7) is 0. The molecule has 8 nitrogen and oxygen atoms in total. The predicted octanol–water partition coefficient (Wildman–Crippen LogP) is 0.149. The molecule has 0 saturated carbocycles. The largest absolute Gasteiger partial charge is 0.508 e. The Morgan fingerprint density at radius 3 is 2.36 bits per heavy atom. The molecule has 1 amide bonds. The maximum absolute atomic E-state index is 12.2. The van der Waals surface area contributed by atoms with E-state index >= 15 is 0 Å². The zero-order valence-electron chi connectivity index (χ0n) is 13.0. The summed E-state index contributed by atoms with van der Waals surface area (Å²) in [5.74, 6) is -3.83. The molecule has 0 saturated heterocycles. The molecule has 9 heteroatoms. The van der Waals surface area contributed by atoms with Crippen molar-refractivity contribution in [3.63, 3.8) is 0 Å². The smallest absolute Gasteiger partial charge is 0.475 e. The number of carbonyl (C=O) groups excluding carboxylic acids is 1. The molecule has 6 N–H and O–H groups in total. The zero-order chi connectivity index (χ0) is 18.6. The minimum absolute atomic E-state index is 0.106. The average Bonchev–Trinajstić information content (AvgIpc) is 2.55. The summed E-state index contributed by atoms with van der Waals surface area (Å²) in [5.41, 5.74) is -0.0913. The molecule has 1 unspecified atom stereocenters. The van der Waals surface area contributed by atoms with E-state index < -0.39 is 30.7 Å². The van der Waals surface area contributed by atoms with Gasteiger partial charge in [0.2, 0.25) is 0 Å². The van der Waals surface area contributed by atoms with Crippen LogP contribution in [0.1, 0.15) is 26.3 Å². The van der Waals surface area contributed by atoms with Crippen molar-refractivity contribution in [3.8, 4) is 11.5 Å². The van der Waals surface area contributed by atoms with Crippen molar-refractivity contribution in [1.29, 1.82) is 0 Å². The first-order chi connectivity index (χ1) is 11.8. The minimum atomic E-state index is -1.95. The van der Waals surface area contributed by atoms with E-state index in [1.807, 2.05) is 0 Å². The van der Waals surface area contributed by atoms with Crippen molar-refractivity contribution < 1.29 is 35.0 Å². The van der Waals surface area contributed by atoms with Gasteiger partial charge in [0.25, 0.3) is 5.91 Å². The molecule has 0 heterocycles. The Balaban J connectivity index is 2.21. The summed E-state index contributed by atoms with van der Waals surface area (Å²) in [4.78, 5) is 23.2. The summed E-state index contributed by atoms with van der Waals surface area (Å²) in [5, 5.41) is 49.7. The van der Waals surface area contributed by atoms with Crippen LogP contribution in [0, 0.1) is 0 Å². The number of para-hydroxylation sites is 1. The topological polar surface area (TPSA) is 147 Å². The third kappa shape index (κ3) is 4.49. The molecule has 0 spiro atoms. The summed E-state index contributed by atoms with van der Waals surface area (Å²) in [6, 6.07) is 9.49. The normalized spacial score (nSPS) is 11.6. The van der Waals surface area contributed by atoms with Crippen LogP contribution in [-0.2, 0) is 6.42 Å². The van der Waals surface area contributed by atoms with Crippen molar-refractivity contribution in [2.45, 2.75) is 12.4 Å². The first kappa shape index (κ1) is 18.3. The number of hydrogen-bond acceptors (Lipinski definition) is 6. The van der Waals surface area contributed by atoms with Crippen LogP contribution < -0.4 is 5.32 Å². The Kier molecular flexibility index (Phi) is 5.63. The van der Waals surface area contributed by atoms with Gasteiger partial charge in [0, 0.05) is 5.56 Å². The van der Waals surface area contributed by atoms with E-state index in [2.05, 4.69) is 5.32 Å². The number of phenols is 2. The van der Waals surface area contributed by atoms with E-state index in [0.29, 0.717) is 0 Å². The molecule has 2 aromatic carbocycles. The quantitative estimate of drug-likeness (QED) is 0.408. The molecule has 1 atom stereocenters. The highest BCUT2D eigenvalue weighted by atomic mass is 16.4. The second kappa shape index (κ2) is 7.69. The lowest BCUT2D eigenvalue weighted by Gasteiger charge is -2.19. The number of aromatic hydroxyl groups is 2. The fourth-order valence-corrected chi connectivity index (χ4v) is 2.30. The lowest BCUT2D eigenvalue weighted by molar-refractivity contribution is 0.0693. The number of benzene rings is 2. The van der Waals surface area contributed by atoms with Crippen LogP contribution in [0.25, 0.3) is 0 Å². The van der Waals surface area contributed by atoms with Crippen LogP contribution in [0.15, 0.2) is 42.5 Å². The zero-order valence-corrected chi connectivity index (χ0v) is 13.0. The van der Waals surface area contributed by atoms with Crippen LogP contribution in [0.5, 0.6) is 11.5 Å². The van der Waals surface area contributed by atoms with Crippen LogP contribution in [-0.4, -0.2) is 50.3 Å². The molecule has 2 aromatic rings. The average molecular weight is 345 g/mol. The van der Waals surface area contributed by atoms with E-state index in [0.717, 1.165) is 0 Å². The fourth-order valence-electron chi connectivity index (χ4n) is 2.30. The van der Waals surface area contributed by atoms with Gasteiger partial charge in [-0.2, -0.15) is 0 Å². The first-order valence-corrected chi connectivity index (χ1v) is 7.29. The number of carboxylic acid groups (broad SMARTS) is 1. The van der Waals surface area contributed by atoms with Crippen molar-refractivity contribution >= 4 is 19.0 Å². The Labute approximate surface area is 143 Å². The van der Waals surface area contributed by atoms with Gasteiger partial charge >= 0.3 is 13.1 Å². The molecule has 0 radical (unpaired) electrons. The van der Waals surface area contributed by atoms with Crippen LogP contribution in [0.4, 0.5) is 0 Å². The summed E-state index contributed by atoms with van der Waals surface area (Å²) in [7, 11) is -1.95. The molecule has 130 valence electrons. The SMILES string of the molecule is O=C(NC(Cc1cccc(C(=O)O)c1O)B(O)O)c1cccc(O)c1. The number of nitrogens with one attached hydrogen (secondary N) is 1. The highest BCUT2D eigenvalue weighted by molar-refractivity contribution is 6.43. The number of hydrogen-bond donors (Lipinski definition) is 6. The van der Waals surface area contributed by atoms with Crippen molar-refractivity contribution in [2.24, 2.45) is 0 Å². The number of carbonyl (C=O) groups is 2. The monoisotopic (exact) mass is 345 g/mol. The number of carboxylic acids is 1. The van der Waals surface area contributed by atoms with Crippen molar-refractivity contribution in [2.75, 3.05) is 0 Å². The highest BCUT2D eigenvalue weighted by Gasteiger charge is 2.28. The van der Waals surface area contributed by atoms with Crippen LogP contribution in [0.2, 0.25) is 0 Å². The summed E-state index contributed by atoms with van der Waals surface area (Å²) >= 11 is 0. The number of phenolic OH excluding ortho intramolecular Hbond substituents is 1. The summed E-state index contributed by atoms with van der Waals surface area (Å²) in [6.07, 6.45) is -0.213. The molecule has 0 aliphatic heterocycles. The van der Waals surface area contributed by atoms with Crippen molar-refractivity contribution in [3.05, 3.63) is 59.2 Å². The van der Waals surface area contributed by atoms with Gasteiger partial charge in [-0.1, -0.05) is 18.2 Å². The van der Waals surface area contributed by atoms with E-state index in [-0.39, 0.29) is 28.9 Å². The third-order valence-electron chi connectivity index (χ3n) is 3.57. The highest BCUT2D eigenvalue weighted by Crippen LogP contribution is 2.24. The standard InChI is InChI=1S/C16H16BNO7/c19-11-5-1-4-10(7-11)15(21)18-13(17(24)25)8-9-3-2-6-12(14(9)20)16(22)23/h1-7,13,19-20,24-25H,8H2,(H,18,21)(H,22,23). The number of amides is 1. The fraction of sp³-hybridized carbons (Fsp3) is 0.125. The van der Waals surface area contributed by atoms with E-state index in [1.165, 1.54) is 42.5 Å². The second-order valence-corrected chi connectivity index (χ2v) is 5.37. The second-order valence-electron chi connectivity index (χ2n) is 5.37. The first-order valence-electron chi connectivity index (χ1n) is 7.29. The predicted molar refractivity (Wildman–Crippen MR) is 88.3 cm³/mol. The van der Waals surface area contributed by atoms with Gasteiger partial charge in [0.1, 0.15) is 17.1 Å². The Morgan fingerprint density at radius 2 is 1.76 bits per heavy atom. The van der Waals surface area contributed by atoms with E-state index in [9.17, 15) is 29.9 Å². The molecule has 0 aromatic heterocycles. The van der Waals surface area contributed by atoms with E-state index in [1.54, 1.807) is 0 Å². The maximum atomic E-state index is 12.2. The molecule has 0 aliphatic rings.